The van der Waals surface area contributed by atoms with Gasteiger partial charge in [0, 0.05) is 5.69 Å². The molecule has 0 fully saturated rings. The molecule has 0 spiro atoms. The molecule has 0 amide bonds. The van der Waals surface area contributed by atoms with E-state index < -0.39 is 0 Å². The monoisotopic (exact) mass is 195 g/mol. The fourth-order valence-corrected chi connectivity index (χ4v) is 2.30. The van der Waals surface area contributed by atoms with Gasteiger partial charge in [-0.3, -0.25) is 0 Å². The zero-order valence-corrected chi connectivity index (χ0v) is 8.53. The zero-order chi connectivity index (χ0) is 10.3. The highest BCUT2D eigenvalue weighted by Crippen LogP contribution is 2.27. The molecule has 0 aromatic heterocycles. The second-order valence-corrected chi connectivity index (χ2v) is 4.15. The van der Waals surface area contributed by atoms with Gasteiger partial charge in [0.15, 0.2) is 0 Å². The van der Waals surface area contributed by atoms with Gasteiger partial charge in [-0.25, -0.2) is 0 Å². The molecule has 1 aliphatic carbocycles. The minimum atomic E-state index is 0.869. The molecular weight excluding hydrogens is 182 g/mol. The lowest BCUT2D eigenvalue weighted by Gasteiger charge is -2.19. The van der Waals surface area contributed by atoms with Gasteiger partial charge in [0.1, 0.15) is 0 Å². The molecule has 15 heavy (non-hydrogen) atoms. The quantitative estimate of drug-likeness (QED) is 0.548. The molecule has 2 aromatic rings. The van der Waals surface area contributed by atoms with Crippen molar-refractivity contribution in [2.75, 3.05) is 5.73 Å². The van der Waals surface area contributed by atoms with E-state index >= 15 is 0 Å². The van der Waals surface area contributed by atoms with E-state index in [4.69, 9.17) is 5.73 Å². The van der Waals surface area contributed by atoms with E-state index in [-0.39, 0.29) is 0 Å². The lowest BCUT2D eigenvalue weighted by molar-refractivity contribution is 1.00. The van der Waals surface area contributed by atoms with E-state index in [9.17, 15) is 0 Å². The van der Waals surface area contributed by atoms with Crippen molar-refractivity contribution < 1.29 is 0 Å². The van der Waals surface area contributed by atoms with Gasteiger partial charge in [-0.15, -0.1) is 0 Å². The van der Waals surface area contributed by atoms with Gasteiger partial charge in [0.25, 0.3) is 0 Å². The van der Waals surface area contributed by atoms with E-state index in [1.165, 1.54) is 22.3 Å². The van der Waals surface area contributed by atoms with Crippen molar-refractivity contribution >= 4 is 5.69 Å². The summed E-state index contributed by atoms with van der Waals surface area (Å²) in [6, 6.07) is 14.9. The van der Waals surface area contributed by atoms with Crippen molar-refractivity contribution in [2.24, 2.45) is 0 Å². The number of hydrogen-bond acceptors (Lipinski definition) is 1. The summed E-state index contributed by atoms with van der Waals surface area (Å²) in [5, 5.41) is 0. The Morgan fingerprint density at radius 2 is 1.33 bits per heavy atom. The average Bonchev–Trinajstić information content (AvgIpc) is 2.26. The standard InChI is InChI=1S/C14H13N/c15-14-6-5-12-7-10-3-1-2-4-11(10)8-13(12)9-14/h1-6,9H,7-8,15H2. The van der Waals surface area contributed by atoms with E-state index in [0.29, 0.717) is 0 Å². The second-order valence-electron chi connectivity index (χ2n) is 4.15. The molecule has 0 aliphatic heterocycles. The first-order valence-electron chi connectivity index (χ1n) is 5.27. The van der Waals surface area contributed by atoms with Gasteiger partial charge < -0.3 is 5.73 Å². The minimum Gasteiger partial charge on any atom is -0.399 e. The van der Waals surface area contributed by atoms with Crippen LogP contribution in [-0.4, -0.2) is 0 Å². The molecule has 74 valence electrons. The molecule has 1 heteroatoms. The van der Waals surface area contributed by atoms with E-state index in [1.54, 1.807) is 0 Å². The summed E-state index contributed by atoms with van der Waals surface area (Å²) in [6.07, 6.45) is 2.07. The van der Waals surface area contributed by atoms with E-state index in [1.807, 2.05) is 6.07 Å². The predicted molar refractivity (Wildman–Crippen MR) is 62.9 cm³/mol. The van der Waals surface area contributed by atoms with Crippen molar-refractivity contribution in [2.45, 2.75) is 12.8 Å². The van der Waals surface area contributed by atoms with Gasteiger partial charge in [0.05, 0.1) is 0 Å². The van der Waals surface area contributed by atoms with Crippen LogP contribution in [-0.2, 0) is 12.8 Å². The molecule has 0 bridgehead atoms. The zero-order valence-electron chi connectivity index (χ0n) is 8.53. The maximum Gasteiger partial charge on any atom is 0.0317 e. The highest BCUT2D eigenvalue weighted by molar-refractivity contribution is 5.51. The number of rotatable bonds is 0. The molecule has 0 saturated heterocycles. The van der Waals surface area contributed by atoms with Crippen LogP contribution in [0.15, 0.2) is 42.5 Å². The summed E-state index contributed by atoms with van der Waals surface area (Å²) in [4.78, 5) is 0. The summed E-state index contributed by atoms with van der Waals surface area (Å²) >= 11 is 0. The topological polar surface area (TPSA) is 26.0 Å². The minimum absolute atomic E-state index is 0.869. The third-order valence-electron chi connectivity index (χ3n) is 3.11. The van der Waals surface area contributed by atoms with Gasteiger partial charge in [-0.05, 0) is 47.2 Å². The number of nitrogens with two attached hydrogens (primary N) is 1. The fourth-order valence-electron chi connectivity index (χ4n) is 2.30. The summed E-state index contributed by atoms with van der Waals surface area (Å²) in [5.74, 6) is 0. The Morgan fingerprint density at radius 1 is 0.733 bits per heavy atom. The van der Waals surface area contributed by atoms with Gasteiger partial charge >= 0.3 is 0 Å². The third kappa shape index (κ3) is 1.40. The van der Waals surface area contributed by atoms with Crippen molar-refractivity contribution in [3.05, 3.63) is 64.7 Å². The molecule has 2 N–H and O–H groups in total. The van der Waals surface area contributed by atoms with Crippen LogP contribution in [0, 0.1) is 0 Å². The first-order valence-corrected chi connectivity index (χ1v) is 5.27. The predicted octanol–water partition coefficient (Wildman–Crippen LogP) is 2.76. The molecule has 2 aromatic carbocycles. The maximum absolute atomic E-state index is 5.80. The van der Waals surface area contributed by atoms with Crippen LogP contribution in [0.3, 0.4) is 0 Å². The van der Waals surface area contributed by atoms with Crippen LogP contribution >= 0.6 is 0 Å². The number of benzene rings is 2. The molecule has 0 atom stereocenters. The third-order valence-corrected chi connectivity index (χ3v) is 3.11. The largest absolute Gasteiger partial charge is 0.399 e. The molecule has 0 heterocycles. The molecule has 0 radical (unpaired) electrons. The Kier molecular flexibility index (Phi) is 1.78. The lowest BCUT2D eigenvalue weighted by atomic mass is 9.86. The molecular formula is C14H13N. The van der Waals surface area contributed by atoms with Gasteiger partial charge in [0.2, 0.25) is 0 Å². The van der Waals surface area contributed by atoms with Crippen LogP contribution in [0.25, 0.3) is 0 Å². The van der Waals surface area contributed by atoms with Crippen molar-refractivity contribution in [3.8, 4) is 0 Å². The van der Waals surface area contributed by atoms with E-state index in [0.717, 1.165) is 18.5 Å². The first-order chi connectivity index (χ1) is 7.33. The van der Waals surface area contributed by atoms with Crippen LogP contribution in [0.1, 0.15) is 22.3 Å². The molecule has 1 nitrogen and oxygen atoms in total. The number of hydrogen-bond donors (Lipinski definition) is 1. The van der Waals surface area contributed by atoms with Crippen LogP contribution in [0.2, 0.25) is 0 Å². The van der Waals surface area contributed by atoms with Crippen molar-refractivity contribution in [1.82, 2.24) is 0 Å². The van der Waals surface area contributed by atoms with Crippen molar-refractivity contribution in [1.29, 1.82) is 0 Å². The first kappa shape index (κ1) is 8.54. The van der Waals surface area contributed by atoms with Crippen LogP contribution in [0.5, 0.6) is 0 Å². The summed E-state index contributed by atoms with van der Waals surface area (Å²) < 4.78 is 0. The Labute approximate surface area is 89.6 Å². The number of fused-ring (bicyclic) bond motifs is 2. The van der Waals surface area contributed by atoms with Crippen molar-refractivity contribution in [3.63, 3.8) is 0 Å². The summed E-state index contributed by atoms with van der Waals surface area (Å²) in [7, 11) is 0. The SMILES string of the molecule is Nc1ccc2c(c1)Cc1ccccc1C2. The van der Waals surface area contributed by atoms with Gasteiger partial charge in [-0.2, -0.15) is 0 Å². The highest BCUT2D eigenvalue weighted by atomic mass is 14.5. The fraction of sp³-hybridized carbons (Fsp3) is 0.143. The highest BCUT2D eigenvalue weighted by Gasteiger charge is 2.14. The Balaban J connectivity index is 2.11. The Hall–Kier alpha value is -1.76. The number of anilines is 1. The van der Waals surface area contributed by atoms with E-state index in [2.05, 4.69) is 36.4 Å². The Morgan fingerprint density at radius 3 is 2.07 bits per heavy atom. The van der Waals surface area contributed by atoms with Gasteiger partial charge in [-0.1, -0.05) is 30.3 Å². The number of nitrogen functional groups attached to an aromatic ring is 1. The Bertz CT molecular complexity index is 514. The molecule has 3 rings (SSSR count). The van der Waals surface area contributed by atoms with Crippen LogP contribution in [0.4, 0.5) is 5.69 Å². The molecule has 0 saturated carbocycles. The smallest absolute Gasteiger partial charge is 0.0317 e. The molecule has 0 unspecified atom stereocenters. The lowest BCUT2D eigenvalue weighted by Crippen LogP contribution is -2.07. The summed E-state index contributed by atoms with van der Waals surface area (Å²) in [5.41, 5.74) is 12.4. The maximum atomic E-state index is 5.80. The summed E-state index contributed by atoms with van der Waals surface area (Å²) in [6.45, 7) is 0. The second kappa shape index (κ2) is 3.13. The normalized spacial score (nSPS) is 13.1. The molecule has 1 aliphatic rings. The van der Waals surface area contributed by atoms with Crippen LogP contribution < -0.4 is 5.73 Å². The average molecular weight is 195 g/mol.